The highest BCUT2D eigenvalue weighted by atomic mass is 32.1. The zero-order valence-electron chi connectivity index (χ0n) is 10.4. The lowest BCUT2D eigenvalue weighted by atomic mass is 9.92. The molecule has 1 aromatic rings. The maximum absolute atomic E-state index is 5.18. The number of thiophene rings is 1. The summed E-state index contributed by atoms with van der Waals surface area (Å²) in [6, 6.07) is 4.18. The van der Waals surface area contributed by atoms with Gasteiger partial charge in [0.05, 0.1) is 7.11 Å². The van der Waals surface area contributed by atoms with Crippen molar-refractivity contribution in [1.29, 1.82) is 0 Å². The van der Waals surface area contributed by atoms with Crippen LogP contribution in [0.2, 0.25) is 0 Å². The number of rotatable bonds is 6. The maximum atomic E-state index is 5.18. The normalized spacial score (nSPS) is 17.8. The molecule has 0 atom stereocenters. The Balaban J connectivity index is 1.76. The second-order valence-electron chi connectivity index (χ2n) is 5.05. The first-order valence-corrected chi connectivity index (χ1v) is 6.81. The lowest BCUT2D eigenvalue weighted by molar-refractivity contribution is 0.338. The predicted octanol–water partition coefficient (Wildman–Crippen LogP) is 3.28. The van der Waals surface area contributed by atoms with E-state index in [1.807, 2.05) is 6.07 Å². The Morgan fingerprint density at radius 3 is 2.69 bits per heavy atom. The van der Waals surface area contributed by atoms with E-state index in [4.69, 9.17) is 4.74 Å². The molecule has 0 aromatic carbocycles. The van der Waals surface area contributed by atoms with E-state index in [9.17, 15) is 0 Å². The Bertz CT molecular complexity index is 341. The highest BCUT2D eigenvalue weighted by Crippen LogP contribution is 2.51. The van der Waals surface area contributed by atoms with Gasteiger partial charge in [-0.25, -0.2) is 0 Å². The zero-order valence-corrected chi connectivity index (χ0v) is 11.2. The van der Waals surface area contributed by atoms with E-state index < -0.39 is 0 Å². The van der Waals surface area contributed by atoms with Crippen LogP contribution in [-0.4, -0.2) is 13.7 Å². The van der Waals surface area contributed by atoms with Crippen LogP contribution in [0.1, 0.15) is 31.6 Å². The van der Waals surface area contributed by atoms with Crippen LogP contribution in [0.15, 0.2) is 12.1 Å². The summed E-state index contributed by atoms with van der Waals surface area (Å²) in [5.74, 6) is 0.804. The minimum Gasteiger partial charge on any atom is -0.487 e. The molecule has 1 aliphatic carbocycles. The lowest BCUT2D eigenvalue weighted by Crippen LogP contribution is -2.26. The lowest BCUT2D eigenvalue weighted by Gasteiger charge is -2.19. The van der Waals surface area contributed by atoms with Gasteiger partial charge in [-0.2, -0.15) is 0 Å². The monoisotopic (exact) mass is 239 g/mol. The van der Waals surface area contributed by atoms with Crippen LogP contribution in [0, 0.1) is 11.3 Å². The third-order valence-corrected chi connectivity index (χ3v) is 4.78. The molecule has 0 spiro atoms. The molecule has 1 heterocycles. The van der Waals surface area contributed by atoms with Gasteiger partial charge in [-0.05, 0) is 36.3 Å². The summed E-state index contributed by atoms with van der Waals surface area (Å²) in [6.07, 6.45) is 2.79. The van der Waals surface area contributed by atoms with Crippen LogP contribution in [0.3, 0.4) is 0 Å². The fourth-order valence-electron chi connectivity index (χ4n) is 2.12. The standard InChI is InChI=1S/C13H21NOS/c1-10(2)13(6-7-13)9-14-8-11-4-5-12(15-3)16-11/h4-5,10,14H,6-9H2,1-3H3. The highest BCUT2D eigenvalue weighted by Gasteiger charge is 2.44. The molecule has 0 saturated heterocycles. The van der Waals surface area contributed by atoms with Crippen molar-refractivity contribution in [2.24, 2.45) is 11.3 Å². The second-order valence-corrected chi connectivity index (χ2v) is 6.18. The SMILES string of the molecule is COc1ccc(CNCC2(C(C)C)CC2)s1. The van der Waals surface area contributed by atoms with E-state index in [2.05, 4.69) is 25.2 Å². The van der Waals surface area contributed by atoms with Gasteiger partial charge in [0, 0.05) is 18.0 Å². The first kappa shape index (κ1) is 11.9. The smallest absolute Gasteiger partial charge is 0.173 e. The summed E-state index contributed by atoms with van der Waals surface area (Å²) >= 11 is 1.73. The number of nitrogens with one attached hydrogen (secondary N) is 1. The molecule has 1 aliphatic rings. The van der Waals surface area contributed by atoms with Gasteiger partial charge in [0.25, 0.3) is 0 Å². The predicted molar refractivity (Wildman–Crippen MR) is 69.1 cm³/mol. The first-order valence-electron chi connectivity index (χ1n) is 6.00. The van der Waals surface area contributed by atoms with Gasteiger partial charge < -0.3 is 10.1 Å². The fourth-order valence-corrected chi connectivity index (χ4v) is 2.90. The average Bonchev–Trinajstić information content (AvgIpc) is 2.91. The van der Waals surface area contributed by atoms with Crippen molar-refractivity contribution in [3.63, 3.8) is 0 Å². The average molecular weight is 239 g/mol. The van der Waals surface area contributed by atoms with Crippen molar-refractivity contribution < 1.29 is 4.74 Å². The van der Waals surface area contributed by atoms with Crippen LogP contribution < -0.4 is 10.1 Å². The van der Waals surface area contributed by atoms with Crippen molar-refractivity contribution in [1.82, 2.24) is 5.32 Å². The molecule has 0 bridgehead atoms. The van der Waals surface area contributed by atoms with Crippen LogP contribution in [0.4, 0.5) is 0 Å². The molecule has 90 valence electrons. The number of ether oxygens (including phenoxy) is 1. The summed E-state index contributed by atoms with van der Waals surface area (Å²) in [6.45, 7) is 6.80. The van der Waals surface area contributed by atoms with Gasteiger partial charge >= 0.3 is 0 Å². The van der Waals surface area contributed by atoms with Gasteiger partial charge in [0.1, 0.15) is 0 Å². The molecule has 0 amide bonds. The molecular formula is C13H21NOS. The van der Waals surface area contributed by atoms with Gasteiger partial charge in [0.15, 0.2) is 5.06 Å². The van der Waals surface area contributed by atoms with Crippen molar-refractivity contribution in [3.8, 4) is 5.06 Å². The summed E-state index contributed by atoms with van der Waals surface area (Å²) in [5, 5.41) is 4.58. The van der Waals surface area contributed by atoms with Crippen LogP contribution in [-0.2, 0) is 6.54 Å². The van der Waals surface area contributed by atoms with Gasteiger partial charge in [-0.1, -0.05) is 13.8 Å². The molecule has 0 aliphatic heterocycles. The number of hydrogen-bond donors (Lipinski definition) is 1. The van der Waals surface area contributed by atoms with Gasteiger partial charge in [-0.3, -0.25) is 0 Å². The van der Waals surface area contributed by atoms with Gasteiger partial charge in [-0.15, -0.1) is 11.3 Å². The van der Waals surface area contributed by atoms with E-state index in [0.717, 1.165) is 24.1 Å². The van der Waals surface area contributed by atoms with Crippen LogP contribution in [0.5, 0.6) is 5.06 Å². The van der Waals surface area contributed by atoms with Crippen molar-refractivity contribution >= 4 is 11.3 Å². The third-order valence-electron chi connectivity index (χ3n) is 3.73. The molecule has 1 N–H and O–H groups in total. The Morgan fingerprint density at radius 2 is 2.19 bits per heavy atom. The molecule has 3 heteroatoms. The van der Waals surface area contributed by atoms with E-state index in [-0.39, 0.29) is 0 Å². The summed E-state index contributed by atoms with van der Waals surface area (Å²) in [7, 11) is 1.72. The summed E-state index contributed by atoms with van der Waals surface area (Å²) in [5.41, 5.74) is 0.599. The van der Waals surface area contributed by atoms with Crippen LogP contribution >= 0.6 is 11.3 Å². The summed E-state index contributed by atoms with van der Waals surface area (Å²) < 4.78 is 5.18. The zero-order chi connectivity index (χ0) is 11.6. The molecule has 2 rings (SSSR count). The molecule has 1 aromatic heterocycles. The fraction of sp³-hybridized carbons (Fsp3) is 0.692. The van der Waals surface area contributed by atoms with E-state index in [1.165, 1.54) is 17.7 Å². The first-order chi connectivity index (χ1) is 7.66. The molecular weight excluding hydrogens is 218 g/mol. The van der Waals surface area contributed by atoms with Crippen molar-refractivity contribution in [2.75, 3.05) is 13.7 Å². The van der Waals surface area contributed by atoms with E-state index in [0.29, 0.717) is 5.41 Å². The molecule has 2 nitrogen and oxygen atoms in total. The highest BCUT2D eigenvalue weighted by molar-refractivity contribution is 7.13. The third kappa shape index (κ3) is 2.58. The minimum atomic E-state index is 0.599. The Kier molecular flexibility index (Phi) is 3.55. The quantitative estimate of drug-likeness (QED) is 0.822. The van der Waals surface area contributed by atoms with E-state index in [1.54, 1.807) is 18.4 Å². The largest absolute Gasteiger partial charge is 0.487 e. The minimum absolute atomic E-state index is 0.599. The second kappa shape index (κ2) is 4.76. The molecule has 16 heavy (non-hydrogen) atoms. The molecule has 0 unspecified atom stereocenters. The molecule has 1 fully saturated rings. The Morgan fingerprint density at radius 1 is 1.44 bits per heavy atom. The van der Waals surface area contributed by atoms with E-state index >= 15 is 0 Å². The summed E-state index contributed by atoms with van der Waals surface area (Å²) in [4.78, 5) is 1.36. The van der Waals surface area contributed by atoms with Crippen molar-refractivity contribution in [2.45, 2.75) is 33.2 Å². The maximum Gasteiger partial charge on any atom is 0.173 e. The van der Waals surface area contributed by atoms with Crippen LogP contribution in [0.25, 0.3) is 0 Å². The molecule has 1 saturated carbocycles. The van der Waals surface area contributed by atoms with Crippen molar-refractivity contribution in [3.05, 3.63) is 17.0 Å². The number of methoxy groups -OCH3 is 1. The Hall–Kier alpha value is -0.540. The Labute approximate surface area is 102 Å². The number of hydrogen-bond acceptors (Lipinski definition) is 3. The van der Waals surface area contributed by atoms with Gasteiger partial charge in [0.2, 0.25) is 0 Å². The molecule has 0 radical (unpaired) electrons. The topological polar surface area (TPSA) is 21.3 Å².